The normalized spacial score (nSPS) is 14.8. The van der Waals surface area contributed by atoms with Crippen LogP contribution in [0, 0.1) is 0 Å². The second-order valence-corrected chi connectivity index (χ2v) is 14.1. The number of fused-ring (bicyclic) bond motifs is 2. The molecule has 4 aromatic carbocycles. The summed E-state index contributed by atoms with van der Waals surface area (Å²) in [5, 5.41) is 20.8. The Morgan fingerprint density at radius 2 is 1.68 bits per heavy atom. The molecule has 1 saturated heterocycles. The fourth-order valence-electron chi connectivity index (χ4n) is 7.12. The number of para-hydroxylation sites is 1. The SMILES string of the molecule is CNC(=O)c1cnc2ccc(-c3ccc(C(=O)NCCCOc4ccc(N=Nc5cccc6c5CN(C5CCC(=O)NC5=O)C6=O)cc4)nc3)cc2c1Nc1ccccc1. The van der Waals surface area contributed by atoms with Gasteiger partial charge in [-0.2, -0.15) is 10.2 Å². The van der Waals surface area contributed by atoms with Crippen LogP contribution in [0.5, 0.6) is 5.75 Å². The summed E-state index contributed by atoms with van der Waals surface area (Å²) >= 11 is 0. The molecule has 0 aliphatic carbocycles. The minimum absolute atomic E-state index is 0.182. The Morgan fingerprint density at radius 1 is 0.867 bits per heavy atom. The van der Waals surface area contributed by atoms with Gasteiger partial charge in [-0.15, -0.1) is 0 Å². The Bertz CT molecular complexity index is 2650. The van der Waals surface area contributed by atoms with E-state index in [0.717, 1.165) is 22.2 Å². The Kier molecular flexibility index (Phi) is 11.3. The van der Waals surface area contributed by atoms with Crippen molar-refractivity contribution in [3.05, 3.63) is 138 Å². The molecule has 0 bridgehead atoms. The van der Waals surface area contributed by atoms with E-state index in [1.807, 2.05) is 54.6 Å². The molecule has 2 aromatic heterocycles. The van der Waals surface area contributed by atoms with Crippen LogP contribution in [-0.4, -0.2) is 70.6 Å². The van der Waals surface area contributed by atoms with E-state index in [-0.39, 0.29) is 48.7 Å². The summed E-state index contributed by atoms with van der Waals surface area (Å²) in [4.78, 5) is 73.2. The maximum atomic E-state index is 13.1. The molecule has 15 nitrogen and oxygen atoms in total. The second-order valence-electron chi connectivity index (χ2n) is 14.1. The molecule has 15 heteroatoms. The van der Waals surface area contributed by atoms with E-state index >= 15 is 0 Å². The molecule has 4 N–H and O–H groups in total. The van der Waals surface area contributed by atoms with Crippen molar-refractivity contribution < 1.29 is 28.7 Å². The first-order chi connectivity index (χ1) is 29.2. The zero-order valence-corrected chi connectivity index (χ0v) is 32.5. The first kappa shape index (κ1) is 39.0. The van der Waals surface area contributed by atoms with E-state index in [1.54, 1.807) is 68.0 Å². The van der Waals surface area contributed by atoms with Crippen molar-refractivity contribution in [3.63, 3.8) is 0 Å². The number of rotatable bonds is 13. The lowest BCUT2D eigenvalue weighted by atomic mass is 10.0. The van der Waals surface area contributed by atoms with Gasteiger partial charge in [-0.25, -0.2) is 0 Å². The summed E-state index contributed by atoms with van der Waals surface area (Å²) < 4.78 is 5.86. The summed E-state index contributed by atoms with van der Waals surface area (Å²) in [5.74, 6) is -1.01. The Morgan fingerprint density at radius 3 is 2.45 bits per heavy atom. The molecule has 300 valence electrons. The molecule has 0 spiro atoms. The van der Waals surface area contributed by atoms with Gasteiger partial charge in [0.25, 0.3) is 17.7 Å². The molecule has 60 heavy (non-hydrogen) atoms. The van der Waals surface area contributed by atoms with Gasteiger partial charge in [-0.1, -0.05) is 36.4 Å². The highest BCUT2D eigenvalue weighted by Gasteiger charge is 2.40. The zero-order chi connectivity index (χ0) is 41.6. The minimum Gasteiger partial charge on any atom is -0.494 e. The van der Waals surface area contributed by atoms with Crippen molar-refractivity contribution in [2.24, 2.45) is 10.2 Å². The van der Waals surface area contributed by atoms with E-state index < -0.39 is 11.9 Å². The molecule has 4 heterocycles. The summed E-state index contributed by atoms with van der Waals surface area (Å²) in [6.07, 6.45) is 4.23. The molecular formula is C45H39N9O6. The molecule has 2 aliphatic rings. The average molecular weight is 802 g/mol. The molecular weight excluding hydrogens is 763 g/mol. The number of aromatic nitrogens is 2. The van der Waals surface area contributed by atoms with Gasteiger partial charge in [-0.05, 0) is 85.1 Å². The van der Waals surface area contributed by atoms with Gasteiger partial charge in [0.1, 0.15) is 17.5 Å². The number of pyridine rings is 2. The zero-order valence-electron chi connectivity index (χ0n) is 32.5. The van der Waals surface area contributed by atoms with Crippen LogP contribution in [0.4, 0.5) is 22.7 Å². The lowest BCUT2D eigenvalue weighted by molar-refractivity contribution is -0.136. The first-order valence-corrected chi connectivity index (χ1v) is 19.4. The third kappa shape index (κ3) is 8.41. The molecule has 1 fully saturated rings. The third-order valence-electron chi connectivity index (χ3n) is 10.3. The van der Waals surface area contributed by atoms with Crippen molar-refractivity contribution in [1.82, 2.24) is 30.8 Å². The van der Waals surface area contributed by atoms with Gasteiger partial charge >= 0.3 is 0 Å². The number of imide groups is 1. The number of hydrogen-bond acceptors (Lipinski definition) is 11. The van der Waals surface area contributed by atoms with E-state index in [1.165, 1.54) is 4.90 Å². The van der Waals surface area contributed by atoms with Crippen LogP contribution < -0.4 is 26.0 Å². The molecule has 2 aliphatic heterocycles. The number of azo groups is 1. The highest BCUT2D eigenvalue weighted by molar-refractivity contribution is 6.09. The smallest absolute Gasteiger partial charge is 0.269 e. The largest absolute Gasteiger partial charge is 0.494 e. The van der Waals surface area contributed by atoms with Crippen LogP contribution in [0.1, 0.15) is 56.0 Å². The van der Waals surface area contributed by atoms with Gasteiger partial charge < -0.3 is 25.6 Å². The maximum absolute atomic E-state index is 13.1. The third-order valence-corrected chi connectivity index (χ3v) is 10.3. The highest BCUT2D eigenvalue weighted by atomic mass is 16.5. The number of benzene rings is 4. The van der Waals surface area contributed by atoms with Gasteiger partial charge in [0.2, 0.25) is 11.8 Å². The van der Waals surface area contributed by atoms with Crippen LogP contribution in [-0.2, 0) is 16.1 Å². The van der Waals surface area contributed by atoms with Crippen molar-refractivity contribution in [1.29, 1.82) is 0 Å². The molecule has 5 amide bonds. The number of ether oxygens (including phenoxy) is 1. The number of hydrogen-bond donors (Lipinski definition) is 4. The van der Waals surface area contributed by atoms with Gasteiger partial charge in [0.15, 0.2) is 0 Å². The van der Waals surface area contributed by atoms with Crippen LogP contribution in [0.15, 0.2) is 126 Å². The summed E-state index contributed by atoms with van der Waals surface area (Å²) in [7, 11) is 1.58. The molecule has 0 saturated carbocycles. The van der Waals surface area contributed by atoms with Crippen molar-refractivity contribution >= 4 is 63.2 Å². The van der Waals surface area contributed by atoms with Gasteiger partial charge in [-0.3, -0.25) is 39.3 Å². The van der Waals surface area contributed by atoms with Crippen LogP contribution in [0.25, 0.3) is 22.0 Å². The Hall–Kier alpha value is -7.81. The maximum Gasteiger partial charge on any atom is 0.269 e. The van der Waals surface area contributed by atoms with Crippen molar-refractivity contribution in [3.8, 4) is 16.9 Å². The first-order valence-electron chi connectivity index (χ1n) is 19.4. The van der Waals surface area contributed by atoms with E-state index in [2.05, 4.69) is 41.5 Å². The number of nitrogens with zero attached hydrogens (tertiary/aromatic N) is 5. The number of anilines is 2. The monoisotopic (exact) mass is 801 g/mol. The summed E-state index contributed by atoms with van der Waals surface area (Å²) in [6, 6.07) is 30.4. The number of amides is 5. The lowest BCUT2D eigenvalue weighted by Crippen LogP contribution is -2.52. The predicted molar refractivity (Wildman–Crippen MR) is 224 cm³/mol. The minimum atomic E-state index is -0.709. The van der Waals surface area contributed by atoms with Gasteiger partial charge in [0.05, 0.1) is 34.7 Å². The molecule has 8 rings (SSSR count). The summed E-state index contributed by atoms with van der Waals surface area (Å²) in [6.45, 7) is 0.942. The number of piperidine rings is 1. The van der Waals surface area contributed by atoms with Crippen molar-refractivity contribution in [2.75, 3.05) is 25.5 Å². The standard InChI is InChI=1S/C45H39N9O6/c1-46-42(56)34-25-49-36-17-11-27(23-33(36)41(34)50-29-7-3-2-4-8-29)28-12-18-38(48-24-28)43(57)47-21-6-22-60-31-15-13-30(14-16-31)52-53-37-10-5-9-32-35(37)26-54(45(32)59)39-19-20-40(55)51-44(39)58/h2-5,7-18,23-25,39H,6,19-22,26H2,1H3,(H,46,56)(H,47,57)(H,49,50)(H,51,55,58). The predicted octanol–water partition coefficient (Wildman–Crippen LogP) is 6.78. The highest BCUT2D eigenvalue weighted by Crippen LogP contribution is 2.35. The van der Waals surface area contributed by atoms with E-state index in [9.17, 15) is 24.0 Å². The Labute approximate surface area is 344 Å². The van der Waals surface area contributed by atoms with Crippen LogP contribution in [0.2, 0.25) is 0 Å². The second kappa shape index (κ2) is 17.4. The topological polar surface area (TPSA) is 196 Å². The van der Waals surface area contributed by atoms with E-state index in [4.69, 9.17) is 4.74 Å². The van der Waals surface area contributed by atoms with Gasteiger partial charge in [0, 0.05) is 66.7 Å². The fraction of sp³-hybridized carbons (Fsp3) is 0.178. The molecule has 6 aromatic rings. The fourth-order valence-corrected chi connectivity index (χ4v) is 7.12. The number of carbonyl (C=O) groups is 5. The molecule has 0 radical (unpaired) electrons. The number of carbonyl (C=O) groups excluding carboxylic acids is 5. The van der Waals surface area contributed by atoms with E-state index in [0.29, 0.717) is 64.6 Å². The number of nitrogens with one attached hydrogen (secondary N) is 4. The van der Waals surface area contributed by atoms with Crippen LogP contribution in [0.3, 0.4) is 0 Å². The van der Waals surface area contributed by atoms with Crippen molar-refractivity contribution in [2.45, 2.75) is 31.8 Å². The lowest BCUT2D eigenvalue weighted by Gasteiger charge is -2.29. The quantitative estimate of drug-likeness (QED) is 0.0553. The molecule has 1 unspecified atom stereocenters. The molecule has 1 atom stereocenters. The van der Waals surface area contributed by atoms with Crippen LogP contribution >= 0.6 is 0 Å². The average Bonchev–Trinajstić information content (AvgIpc) is 3.61. The Balaban J connectivity index is 0.827. The summed E-state index contributed by atoms with van der Waals surface area (Å²) in [5.41, 5.74) is 6.76.